The lowest BCUT2D eigenvalue weighted by molar-refractivity contribution is -0.119. The summed E-state index contributed by atoms with van der Waals surface area (Å²) in [4.78, 5) is 11.4. The maximum Gasteiger partial charge on any atom is 0.146 e. The number of hydrogen-bond acceptors (Lipinski definition) is 2. The molecule has 0 aromatic rings. The van der Waals surface area contributed by atoms with Crippen molar-refractivity contribution in [3.63, 3.8) is 0 Å². The van der Waals surface area contributed by atoms with Crippen LogP contribution in [0.5, 0.6) is 0 Å². The molecule has 0 aromatic heterocycles. The number of ketones is 1. The monoisotopic (exact) mass is 198 g/mol. The summed E-state index contributed by atoms with van der Waals surface area (Å²) in [5, 5.41) is 0. The van der Waals surface area contributed by atoms with Crippen LogP contribution in [0.25, 0.3) is 0 Å². The van der Waals surface area contributed by atoms with Gasteiger partial charge in [-0.05, 0) is 12.3 Å². The summed E-state index contributed by atoms with van der Waals surface area (Å²) in [7, 11) is 0. The predicted molar refractivity (Wildman–Crippen MR) is 57.0 cm³/mol. The highest BCUT2D eigenvalue weighted by Gasteiger charge is 2.28. The number of Topliss-reactive ketones (excluding diaryl/α,β-unsaturated/α-hetero) is 1. The van der Waals surface area contributed by atoms with Crippen molar-refractivity contribution in [3.05, 3.63) is 0 Å². The summed E-state index contributed by atoms with van der Waals surface area (Å²) in [6.45, 7) is 0. The standard InChI is InChI=1S/C11H18OS/c12-11-8-13-7-10(11)6-9-4-2-1-3-5-9/h9-10H,1-8H2. The van der Waals surface area contributed by atoms with Gasteiger partial charge in [-0.15, -0.1) is 0 Å². The first-order valence-corrected chi connectivity index (χ1v) is 6.62. The topological polar surface area (TPSA) is 17.1 Å². The van der Waals surface area contributed by atoms with Gasteiger partial charge in [-0.3, -0.25) is 4.79 Å². The fraction of sp³-hybridized carbons (Fsp3) is 0.909. The van der Waals surface area contributed by atoms with E-state index in [0.29, 0.717) is 11.7 Å². The largest absolute Gasteiger partial charge is 0.298 e. The second kappa shape index (κ2) is 4.50. The van der Waals surface area contributed by atoms with E-state index in [4.69, 9.17) is 0 Å². The van der Waals surface area contributed by atoms with Crippen molar-refractivity contribution in [2.24, 2.45) is 11.8 Å². The Bertz CT molecular complexity index is 185. The quantitative estimate of drug-likeness (QED) is 0.678. The van der Waals surface area contributed by atoms with E-state index >= 15 is 0 Å². The Morgan fingerprint density at radius 2 is 2.00 bits per heavy atom. The fourth-order valence-electron chi connectivity index (χ4n) is 2.54. The van der Waals surface area contributed by atoms with Crippen molar-refractivity contribution in [1.29, 1.82) is 0 Å². The maximum atomic E-state index is 11.4. The molecular weight excluding hydrogens is 180 g/mol. The van der Waals surface area contributed by atoms with Crippen LogP contribution in [-0.2, 0) is 4.79 Å². The van der Waals surface area contributed by atoms with Gasteiger partial charge < -0.3 is 0 Å². The van der Waals surface area contributed by atoms with Crippen molar-refractivity contribution in [1.82, 2.24) is 0 Å². The third-order valence-corrected chi connectivity index (χ3v) is 4.49. The van der Waals surface area contributed by atoms with E-state index in [2.05, 4.69) is 0 Å². The van der Waals surface area contributed by atoms with Gasteiger partial charge in [0.15, 0.2) is 0 Å². The highest BCUT2D eigenvalue weighted by Crippen LogP contribution is 2.33. The van der Waals surface area contributed by atoms with Gasteiger partial charge >= 0.3 is 0 Å². The minimum Gasteiger partial charge on any atom is -0.298 e. The second-order valence-electron chi connectivity index (χ2n) is 4.42. The lowest BCUT2D eigenvalue weighted by Crippen LogP contribution is -2.17. The van der Waals surface area contributed by atoms with E-state index in [1.807, 2.05) is 11.8 Å². The molecular formula is C11H18OS. The van der Waals surface area contributed by atoms with Crippen LogP contribution in [0, 0.1) is 11.8 Å². The van der Waals surface area contributed by atoms with Crippen LogP contribution >= 0.6 is 11.8 Å². The zero-order chi connectivity index (χ0) is 9.10. The molecule has 1 nitrogen and oxygen atoms in total. The molecule has 1 saturated heterocycles. The number of carbonyl (C=O) groups excluding carboxylic acids is 1. The SMILES string of the molecule is O=C1CSCC1CC1CCCCC1. The maximum absolute atomic E-state index is 11.4. The Hall–Kier alpha value is 0.0200. The lowest BCUT2D eigenvalue weighted by Gasteiger charge is -2.23. The minimum absolute atomic E-state index is 0.424. The van der Waals surface area contributed by atoms with Crippen LogP contribution in [-0.4, -0.2) is 17.3 Å². The predicted octanol–water partition coefficient (Wildman–Crippen LogP) is 2.89. The zero-order valence-corrected chi connectivity index (χ0v) is 8.94. The molecule has 1 unspecified atom stereocenters. The van der Waals surface area contributed by atoms with Crippen LogP contribution < -0.4 is 0 Å². The van der Waals surface area contributed by atoms with Crippen LogP contribution in [0.15, 0.2) is 0 Å². The average Bonchev–Trinajstić information content (AvgIpc) is 2.54. The van der Waals surface area contributed by atoms with E-state index in [0.717, 1.165) is 17.4 Å². The third-order valence-electron chi connectivity index (χ3n) is 3.36. The molecule has 2 fully saturated rings. The number of carbonyl (C=O) groups is 1. The molecule has 1 aliphatic heterocycles. The molecule has 0 aromatic carbocycles. The number of thioether (sulfide) groups is 1. The molecule has 0 amide bonds. The van der Waals surface area contributed by atoms with Crippen LogP contribution in [0.1, 0.15) is 38.5 Å². The van der Waals surface area contributed by atoms with Crippen molar-refractivity contribution >= 4 is 17.5 Å². The van der Waals surface area contributed by atoms with E-state index in [-0.39, 0.29) is 0 Å². The summed E-state index contributed by atoms with van der Waals surface area (Å²) in [6.07, 6.45) is 8.19. The number of rotatable bonds is 2. The summed E-state index contributed by atoms with van der Waals surface area (Å²) in [6, 6.07) is 0. The molecule has 0 bridgehead atoms. The van der Waals surface area contributed by atoms with Gasteiger partial charge in [0.2, 0.25) is 0 Å². The molecule has 1 heterocycles. The molecule has 2 aliphatic rings. The Morgan fingerprint density at radius 3 is 2.62 bits per heavy atom. The zero-order valence-electron chi connectivity index (χ0n) is 8.13. The first-order chi connectivity index (χ1) is 6.36. The molecule has 0 spiro atoms. The molecule has 2 heteroatoms. The summed E-state index contributed by atoms with van der Waals surface area (Å²) in [5.41, 5.74) is 0. The van der Waals surface area contributed by atoms with Crippen LogP contribution in [0.2, 0.25) is 0 Å². The Labute approximate surface area is 84.7 Å². The van der Waals surface area contributed by atoms with Gasteiger partial charge in [0.1, 0.15) is 5.78 Å². The molecule has 1 aliphatic carbocycles. The summed E-state index contributed by atoms with van der Waals surface area (Å²) >= 11 is 1.83. The molecule has 2 rings (SSSR count). The Balaban J connectivity index is 1.79. The van der Waals surface area contributed by atoms with E-state index in [1.165, 1.54) is 38.5 Å². The average molecular weight is 198 g/mol. The summed E-state index contributed by atoms with van der Waals surface area (Å²) < 4.78 is 0. The van der Waals surface area contributed by atoms with Crippen molar-refractivity contribution < 1.29 is 4.79 Å². The van der Waals surface area contributed by atoms with Crippen molar-refractivity contribution in [2.45, 2.75) is 38.5 Å². The van der Waals surface area contributed by atoms with Gasteiger partial charge in [0.05, 0.1) is 5.75 Å². The van der Waals surface area contributed by atoms with Crippen molar-refractivity contribution in [3.8, 4) is 0 Å². The molecule has 1 saturated carbocycles. The van der Waals surface area contributed by atoms with E-state index in [9.17, 15) is 4.79 Å². The molecule has 74 valence electrons. The smallest absolute Gasteiger partial charge is 0.146 e. The third kappa shape index (κ3) is 2.49. The van der Waals surface area contributed by atoms with Crippen LogP contribution in [0.3, 0.4) is 0 Å². The van der Waals surface area contributed by atoms with Gasteiger partial charge in [0.25, 0.3) is 0 Å². The van der Waals surface area contributed by atoms with Gasteiger partial charge in [-0.25, -0.2) is 0 Å². The van der Waals surface area contributed by atoms with E-state index < -0.39 is 0 Å². The molecule has 13 heavy (non-hydrogen) atoms. The minimum atomic E-state index is 0.424. The second-order valence-corrected chi connectivity index (χ2v) is 5.45. The normalized spacial score (nSPS) is 31.1. The van der Waals surface area contributed by atoms with Gasteiger partial charge in [-0.2, -0.15) is 11.8 Å². The number of hydrogen-bond donors (Lipinski definition) is 0. The van der Waals surface area contributed by atoms with Crippen molar-refractivity contribution in [2.75, 3.05) is 11.5 Å². The highest BCUT2D eigenvalue weighted by atomic mass is 32.2. The highest BCUT2D eigenvalue weighted by molar-refractivity contribution is 8.00. The first-order valence-electron chi connectivity index (χ1n) is 5.46. The molecule has 0 N–H and O–H groups in total. The first kappa shape index (κ1) is 9.57. The van der Waals surface area contributed by atoms with Crippen LogP contribution in [0.4, 0.5) is 0 Å². The van der Waals surface area contributed by atoms with E-state index in [1.54, 1.807) is 0 Å². The lowest BCUT2D eigenvalue weighted by atomic mass is 9.82. The molecule has 1 atom stereocenters. The Kier molecular flexibility index (Phi) is 3.31. The fourth-order valence-corrected chi connectivity index (χ4v) is 3.70. The summed E-state index contributed by atoms with van der Waals surface area (Å²) in [5.74, 6) is 3.72. The van der Waals surface area contributed by atoms with Gasteiger partial charge in [0, 0.05) is 11.7 Å². The van der Waals surface area contributed by atoms with Gasteiger partial charge in [-0.1, -0.05) is 32.1 Å². The molecule has 0 radical (unpaired) electrons. The Morgan fingerprint density at radius 1 is 1.23 bits per heavy atom.